The molecule has 2 rings (SSSR count). The number of benzene rings is 1. The van der Waals surface area contributed by atoms with Crippen molar-refractivity contribution in [1.82, 2.24) is 5.32 Å². The van der Waals surface area contributed by atoms with Crippen LogP contribution in [0, 0.1) is 6.92 Å². The third-order valence-electron chi connectivity index (χ3n) is 3.29. The third-order valence-corrected chi connectivity index (χ3v) is 3.29. The minimum absolute atomic E-state index is 0.692. The number of rotatable bonds is 2. The molecule has 0 bridgehead atoms. The molecule has 0 amide bonds. The quantitative estimate of drug-likeness (QED) is 0.754. The normalized spacial score (nSPS) is 26.7. The monoisotopic (exact) mass is 189 g/mol. The minimum atomic E-state index is 0.692. The van der Waals surface area contributed by atoms with Crippen molar-refractivity contribution in [3.05, 3.63) is 35.4 Å². The van der Waals surface area contributed by atoms with E-state index < -0.39 is 0 Å². The van der Waals surface area contributed by atoms with Crippen molar-refractivity contribution in [3.8, 4) is 0 Å². The molecule has 1 heteroatoms. The summed E-state index contributed by atoms with van der Waals surface area (Å²) in [5.41, 5.74) is 2.86. The molecular formula is C13H19N. The van der Waals surface area contributed by atoms with Crippen LogP contribution in [0.5, 0.6) is 0 Å². The van der Waals surface area contributed by atoms with E-state index in [0.717, 1.165) is 5.92 Å². The van der Waals surface area contributed by atoms with Crippen LogP contribution in [-0.2, 0) is 0 Å². The Kier molecular flexibility index (Phi) is 2.87. The van der Waals surface area contributed by atoms with Crippen LogP contribution in [0.1, 0.15) is 36.8 Å². The van der Waals surface area contributed by atoms with Gasteiger partial charge >= 0.3 is 0 Å². The molecule has 1 fully saturated rings. The lowest BCUT2D eigenvalue weighted by Crippen LogP contribution is -2.24. The molecule has 1 N–H and O–H groups in total. The van der Waals surface area contributed by atoms with Crippen LogP contribution in [0.4, 0.5) is 0 Å². The van der Waals surface area contributed by atoms with Gasteiger partial charge in [0.15, 0.2) is 0 Å². The first kappa shape index (κ1) is 9.72. The molecule has 1 nitrogen and oxygen atoms in total. The molecule has 76 valence electrons. The Bertz CT molecular complexity index is 289. The van der Waals surface area contributed by atoms with Crippen molar-refractivity contribution in [1.29, 1.82) is 0 Å². The average molecular weight is 189 g/mol. The van der Waals surface area contributed by atoms with Gasteiger partial charge in [-0.05, 0) is 31.9 Å². The van der Waals surface area contributed by atoms with Gasteiger partial charge in [0, 0.05) is 12.0 Å². The van der Waals surface area contributed by atoms with Crippen molar-refractivity contribution in [2.75, 3.05) is 6.54 Å². The second kappa shape index (κ2) is 4.14. The summed E-state index contributed by atoms with van der Waals surface area (Å²) in [6.45, 7) is 5.59. The van der Waals surface area contributed by atoms with Crippen LogP contribution >= 0.6 is 0 Å². The Morgan fingerprint density at radius 2 is 2.00 bits per heavy atom. The fraction of sp³-hybridized carbons (Fsp3) is 0.538. The van der Waals surface area contributed by atoms with Gasteiger partial charge in [-0.25, -0.2) is 0 Å². The Morgan fingerprint density at radius 3 is 2.64 bits per heavy atom. The molecule has 0 spiro atoms. The fourth-order valence-electron chi connectivity index (χ4n) is 2.41. The summed E-state index contributed by atoms with van der Waals surface area (Å²) in [4.78, 5) is 0. The third kappa shape index (κ3) is 1.83. The van der Waals surface area contributed by atoms with Crippen LogP contribution in [-0.4, -0.2) is 12.6 Å². The highest BCUT2D eigenvalue weighted by Gasteiger charge is 2.26. The summed E-state index contributed by atoms with van der Waals surface area (Å²) in [7, 11) is 0. The van der Waals surface area contributed by atoms with Crippen molar-refractivity contribution in [2.24, 2.45) is 0 Å². The summed E-state index contributed by atoms with van der Waals surface area (Å²) in [5, 5.41) is 3.57. The van der Waals surface area contributed by atoms with E-state index in [1.165, 1.54) is 30.5 Å². The van der Waals surface area contributed by atoms with Crippen molar-refractivity contribution < 1.29 is 0 Å². The Morgan fingerprint density at radius 1 is 1.29 bits per heavy atom. The van der Waals surface area contributed by atoms with Crippen molar-refractivity contribution in [3.63, 3.8) is 0 Å². The zero-order valence-electron chi connectivity index (χ0n) is 9.09. The predicted molar refractivity (Wildman–Crippen MR) is 60.6 cm³/mol. The van der Waals surface area contributed by atoms with E-state index in [-0.39, 0.29) is 0 Å². The lowest BCUT2D eigenvalue weighted by Gasteiger charge is -2.18. The summed E-state index contributed by atoms with van der Waals surface area (Å²) < 4.78 is 0. The highest BCUT2D eigenvalue weighted by molar-refractivity contribution is 5.26. The Labute approximate surface area is 86.5 Å². The highest BCUT2D eigenvalue weighted by atomic mass is 14.9. The average Bonchev–Trinajstić information content (AvgIpc) is 2.67. The van der Waals surface area contributed by atoms with Gasteiger partial charge in [0.2, 0.25) is 0 Å². The molecule has 2 atom stereocenters. The lowest BCUT2D eigenvalue weighted by molar-refractivity contribution is 0.531. The zero-order valence-corrected chi connectivity index (χ0v) is 9.09. The summed E-state index contributed by atoms with van der Waals surface area (Å²) in [5.74, 6) is 0.737. The molecule has 0 aromatic heterocycles. The van der Waals surface area contributed by atoms with Gasteiger partial charge < -0.3 is 5.32 Å². The molecule has 1 heterocycles. The molecule has 1 aromatic carbocycles. The Hall–Kier alpha value is -0.820. The smallest absolute Gasteiger partial charge is 0.0134 e. The molecule has 1 aliphatic heterocycles. The summed E-state index contributed by atoms with van der Waals surface area (Å²) in [6.07, 6.45) is 2.53. The molecule has 0 aliphatic carbocycles. The molecule has 1 aliphatic rings. The Balaban J connectivity index is 2.17. The van der Waals surface area contributed by atoms with Crippen LogP contribution in [0.3, 0.4) is 0 Å². The number of hydrogen-bond donors (Lipinski definition) is 1. The van der Waals surface area contributed by atoms with Gasteiger partial charge in [-0.1, -0.05) is 36.8 Å². The van der Waals surface area contributed by atoms with E-state index in [1.54, 1.807) is 0 Å². The van der Waals surface area contributed by atoms with E-state index in [0.29, 0.717) is 6.04 Å². The van der Waals surface area contributed by atoms with Crippen LogP contribution in [0.25, 0.3) is 0 Å². The van der Waals surface area contributed by atoms with E-state index in [9.17, 15) is 0 Å². The van der Waals surface area contributed by atoms with Gasteiger partial charge in [0.1, 0.15) is 0 Å². The fourth-order valence-corrected chi connectivity index (χ4v) is 2.41. The number of hydrogen-bond acceptors (Lipinski definition) is 1. The molecule has 1 aromatic rings. The highest BCUT2D eigenvalue weighted by Crippen LogP contribution is 2.29. The van der Waals surface area contributed by atoms with E-state index in [4.69, 9.17) is 0 Å². The van der Waals surface area contributed by atoms with Gasteiger partial charge in [0.05, 0.1) is 0 Å². The standard InChI is InChI=1S/C13H19N/c1-3-13-12(8-9-14-13)11-6-4-10(2)5-7-11/h4-7,12-14H,3,8-9H2,1-2H3/t12-,13-/m0/s1. The van der Waals surface area contributed by atoms with Gasteiger partial charge in [-0.3, -0.25) is 0 Å². The second-order valence-corrected chi connectivity index (χ2v) is 4.27. The summed E-state index contributed by atoms with van der Waals surface area (Å²) >= 11 is 0. The van der Waals surface area contributed by atoms with Gasteiger partial charge in [-0.15, -0.1) is 0 Å². The topological polar surface area (TPSA) is 12.0 Å². The largest absolute Gasteiger partial charge is 0.313 e. The zero-order chi connectivity index (χ0) is 9.97. The predicted octanol–water partition coefficient (Wildman–Crippen LogP) is 2.85. The van der Waals surface area contributed by atoms with Gasteiger partial charge in [0.25, 0.3) is 0 Å². The molecule has 0 unspecified atom stereocenters. The SMILES string of the molecule is CC[C@@H]1NCC[C@H]1c1ccc(C)cc1. The first-order valence-corrected chi connectivity index (χ1v) is 5.61. The molecule has 14 heavy (non-hydrogen) atoms. The van der Waals surface area contributed by atoms with Crippen molar-refractivity contribution in [2.45, 2.75) is 38.6 Å². The van der Waals surface area contributed by atoms with E-state index >= 15 is 0 Å². The minimum Gasteiger partial charge on any atom is -0.313 e. The molecular weight excluding hydrogens is 170 g/mol. The van der Waals surface area contributed by atoms with E-state index in [1.807, 2.05) is 0 Å². The van der Waals surface area contributed by atoms with Crippen LogP contribution < -0.4 is 5.32 Å². The maximum absolute atomic E-state index is 3.57. The van der Waals surface area contributed by atoms with Gasteiger partial charge in [-0.2, -0.15) is 0 Å². The lowest BCUT2D eigenvalue weighted by atomic mass is 9.90. The van der Waals surface area contributed by atoms with Crippen LogP contribution in [0.2, 0.25) is 0 Å². The summed E-state index contributed by atoms with van der Waals surface area (Å²) in [6, 6.07) is 9.71. The number of aryl methyl sites for hydroxylation is 1. The van der Waals surface area contributed by atoms with Crippen molar-refractivity contribution >= 4 is 0 Å². The maximum atomic E-state index is 3.57. The number of nitrogens with one attached hydrogen (secondary N) is 1. The molecule has 0 radical (unpaired) electrons. The first-order chi connectivity index (χ1) is 6.81. The van der Waals surface area contributed by atoms with Crippen LogP contribution in [0.15, 0.2) is 24.3 Å². The molecule has 0 saturated carbocycles. The maximum Gasteiger partial charge on any atom is 0.0134 e. The molecule has 1 saturated heterocycles. The van der Waals surface area contributed by atoms with E-state index in [2.05, 4.69) is 43.4 Å². The second-order valence-electron chi connectivity index (χ2n) is 4.27. The first-order valence-electron chi connectivity index (χ1n) is 5.61.